The minimum atomic E-state index is -0.125. The molecule has 0 fully saturated rings. The molecule has 3 aromatic heterocycles. The van der Waals surface area contributed by atoms with E-state index in [2.05, 4.69) is 25.3 Å². The smallest absolute Gasteiger partial charge is 0.252 e. The Labute approximate surface area is 112 Å². The molecule has 0 bridgehead atoms. The van der Waals surface area contributed by atoms with Gasteiger partial charge in [-0.25, -0.2) is 4.98 Å². The third kappa shape index (κ3) is 2.30. The van der Waals surface area contributed by atoms with Gasteiger partial charge in [-0.3, -0.25) is 4.79 Å². The van der Waals surface area contributed by atoms with Gasteiger partial charge in [0.05, 0.1) is 5.39 Å². The van der Waals surface area contributed by atoms with E-state index in [0.29, 0.717) is 23.6 Å². The molecule has 0 atom stereocenters. The topological polar surface area (TPSA) is 86.5 Å². The van der Waals surface area contributed by atoms with Gasteiger partial charge in [0.2, 0.25) is 5.28 Å². The first-order valence-electron chi connectivity index (χ1n) is 5.65. The average molecular weight is 276 g/mol. The highest BCUT2D eigenvalue weighted by Crippen LogP contribution is 2.21. The maximum Gasteiger partial charge on any atom is 0.252 e. The number of aromatic nitrogens is 4. The van der Waals surface area contributed by atoms with Crippen molar-refractivity contribution in [1.29, 1.82) is 0 Å². The molecule has 0 saturated heterocycles. The minimum Gasteiger partial charge on any atom is -0.365 e. The Hall–Kier alpha value is -2.34. The Morgan fingerprint density at radius 1 is 1.21 bits per heavy atom. The lowest BCUT2D eigenvalue weighted by Crippen LogP contribution is -2.15. The summed E-state index contributed by atoms with van der Waals surface area (Å²) in [4.78, 5) is 25.3. The summed E-state index contributed by atoms with van der Waals surface area (Å²) in [5, 5.41) is 4.08. The first kappa shape index (κ1) is 11.7. The SMILES string of the molecule is O=c1[nH]cccc1CNc1nc(Cl)nc2[nH]ccc12. The molecule has 3 heterocycles. The van der Waals surface area contributed by atoms with E-state index in [1.54, 1.807) is 24.5 Å². The molecule has 0 spiro atoms. The molecule has 0 amide bonds. The Balaban J connectivity index is 1.92. The van der Waals surface area contributed by atoms with Crippen molar-refractivity contribution in [3.8, 4) is 0 Å². The number of nitrogens with one attached hydrogen (secondary N) is 3. The number of halogens is 1. The molecule has 0 aliphatic heterocycles. The second-order valence-corrected chi connectivity index (χ2v) is 4.30. The second kappa shape index (κ2) is 4.74. The van der Waals surface area contributed by atoms with Gasteiger partial charge < -0.3 is 15.3 Å². The van der Waals surface area contributed by atoms with Gasteiger partial charge in [-0.15, -0.1) is 0 Å². The van der Waals surface area contributed by atoms with Crippen LogP contribution in [-0.2, 0) is 6.54 Å². The predicted octanol–water partition coefficient (Wildman–Crippen LogP) is 1.91. The summed E-state index contributed by atoms with van der Waals surface area (Å²) in [6.45, 7) is 0.365. The maximum atomic E-state index is 11.6. The summed E-state index contributed by atoms with van der Waals surface area (Å²) in [7, 11) is 0. The lowest BCUT2D eigenvalue weighted by Gasteiger charge is -2.06. The molecule has 7 heteroatoms. The fourth-order valence-corrected chi connectivity index (χ4v) is 1.99. The van der Waals surface area contributed by atoms with Crippen molar-refractivity contribution >= 4 is 28.5 Å². The van der Waals surface area contributed by atoms with Crippen molar-refractivity contribution in [2.45, 2.75) is 6.54 Å². The van der Waals surface area contributed by atoms with Crippen LogP contribution in [0.25, 0.3) is 11.0 Å². The van der Waals surface area contributed by atoms with Gasteiger partial charge >= 0.3 is 0 Å². The molecule has 0 aliphatic carbocycles. The lowest BCUT2D eigenvalue weighted by molar-refractivity contribution is 1.05. The molecule has 0 aliphatic rings. The van der Waals surface area contributed by atoms with Crippen molar-refractivity contribution in [2.24, 2.45) is 0 Å². The number of H-pyrrole nitrogens is 2. The van der Waals surface area contributed by atoms with Crippen LogP contribution in [0.5, 0.6) is 0 Å². The zero-order chi connectivity index (χ0) is 13.2. The maximum absolute atomic E-state index is 11.6. The number of hydrogen-bond acceptors (Lipinski definition) is 4. The Bertz CT molecular complexity index is 779. The van der Waals surface area contributed by atoms with Crippen molar-refractivity contribution in [3.63, 3.8) is 0 Å². The van der Waals surface area contributed by atoms with Gasteiger partial charge in [0.15, 0.2) is 0 Å². The average Bonchev–Trinajstić information content (AvgIpc) is 2.85. The predicted molar refractivity (Wildman–Crippen MR) is 73.3 cm³/mol. The third-order valence-electron chi connectivity index (χ3n) is 2.73. The van der Waals surface area contributed by atoms with Crippen LogP contribution < -0.4 is 10.9 Å². The van der Waals surface area contributed by atoms with E-state index in [0.717, 1.165) is 5.39 Å². The largest absolute Gasteiger partial charge is 0.365 e. The molecule has 0 unspecified atom stereocenters. The van der Waals surface area contributed by atoms with Crippen LogP contribution in [0.1, 0.15) is 5.56 Å². The molecule has 6 nitrogen and oxygen atoms in total. The standard InChI is InChI=1S/C12H10ClN5O/c13-12-17-9-8(3-5-14-9)10(18-12)16-6-7-2-1-4-15-11(7)19/h1-5H,6H2,(H,15,19)(H2,14,16,17,18). The van der Waals surface area contributed by atoms with Crippen LogP contribution in [0.4, 0.5) is 5.82 Å². The first-order chi connectivity index (χ1) is 9.24. The molecule has 19 heavy (non-hydrogen) atoms. The van der Waals surface area contributed by atoms with Gasteiger partial charge in [0.1, 0.15) is 11.5 Å². The van der Waals surface area contributed by atoms with Crippen LogP contribution in [0.3, 0.4) is 0 Å². The molecule has 3 aromatic rings. The monoisotopic (exact) mass is 275 g/mol. The highest BCUT2D eigenvalue weighted by atomic mass is 35.5. The Morgan fingerprint density at radius 3 is 2.95 bits per heavy atom. The molecule has 0 saturated carbocycles. The van der Waals surface area contributed by atoms with Crippen molar-refractivity contribution in [1.82, 2.24) is 19.9 Å². The number of hydrogen-bond donors (Lipinski definition) is 3. The van der Waals surface area contributed by atoms with Crippen LogP contribution >= 0.6 is 11.6 Å². The normalized spacial score (nSPS) is 10.8. The molecular formula is C12H10ClN5O. The summed E-state index contributed by atoms with van der Waals surface area (Å²) in [5.41, 5.74) is 1.16. The van der Waals surface area contributed by atoms with Crippen molar-refractivity contribution < 1.29 is 0 Å². The van der Waals surface area contributed by atoms with Gasteiger partial charge in [0.25, 0.3) is 5.56 Å². The molecule has 0 radical (unpaired) electrons. The van der Waals surface area contributed by atoms with Crippen LogP contribution in [0.2, 0.25) is 5.28 Å². The second-order valence-electron chi connectivity index (χ2n) is 3.96. The quantitative estimate of drug-likeness (QED) is 0.637. The van der Waals surface area contributed by atoms with Crippen molar-refractivity contribution in [2.75, 3.05) is 5.32 Å². The third-order valence-corrected chi connectivity index (χ3v) is 2.90. The summed E-state index contributed by atoms with van der Waals surface area (Å²) in [5.74, 6) is 0.597. The van der Waals surface area contributed by atoms with Gasteiger partial charge in [0, 0.05) is 24.5 Å². The fraction of sp³-hybridized carbons (Fsp3) is 0.0833. The molecule has 96 valence electrons. The van der Waals surface area contributed by atoms with E-state index in [1.807, 2.05) is 6.07 Å². The highest BCUT2D eigenvalue weighted by molar-refractivity contribution is 6.28. The summed E-state index contributed by atoms with van der Waals surface area (Å²) in [6, 6.07) is 5.38. The number of aromatic amines is 2. The Kier molecular flexibility index (Phi) is 2.92. The number of anilines is 1. The summed E-state index contributed by atoms with van der Waals surface area (Å²) in [6.07, 6.45) is 3.36. The molecule has 3 N–H and O–H groups in total. The van der Waals surface area contributed by atoms with Crippen LogP contribution in [0.15, 0.2) is 35.4 Å². The van der Waals surface area contributed by atoms with Gasteiger partial charge in [-0.1, -0.05) is 6.07 Å². The van der Waals surface area contributed by atoms with E-state index < -0.39 is 0 Å². The van der Waals surface area contributed by atoms with E-state index in [1.165, 1.54) is 0 Å². The fourth-order valence-electron chi connectivity index (χ4n) is 1.82. The first-order valence-corrected chi connectivity index (χ1v) is 6.03. The number of pyridine rings is 1. The molecule has 3 rings (SSSR count). The van der Waals surface area contributed by atoms with Crippen LogP contribution in [0, 0.1) is 0 Å². The molecular weight excluding hydrogens is 266 g/mol. The molecule has 0 aromatic carbocycles. The summed E-state index contributed by atoms with van der Waals surface area (Å²) >= 11 is 5.84. The minimum absolute atomic E-state index is 0.125. The van der Waals surface area contributed by atoms with E-state index in [4.69, 9.17) is 11.6 Å². The zero-order valence-corrected chi connectivity index (χ0v) is 10.5. The zero-order valence-electron chi connectivity index (χ0n) is 9.77. The van der Waals surface area contributed by atoms with Gasteiger partial charge in [-0.2, -0.15) is 4.98 Å². The van der Waals surface area contributed by atoms with E-state index >= 15 is 0 Å². The van der Waals surface area contributed by atoms with Gasteiger partial charge in [-0.05, 0) is 23.7 Å². The summed E-state index contributed by atoms with van der Waals surface area (Å²) < 4.78 is 0. The number of nitrogens with zero attached hydrogens (tertiary/aromatic N) is 2. The number of rotatable bonds is 3. The van der Waals surface area contributed by atoms with Crippen LogP contribution in [-0.4, -0.2) is 19.9 Å². The Morgan fingerprint density at radius 2 is 2.11 bits per heavy atom. The number of fused-ring (bicyclic) bond motifs is 1. The van der Waals surface area contributed by atoms with E-state index in [9.17, 15) is 4.79 Å². The van der Waals surface area contributed by atoms with E-state index in [-0.39, 0.29) is 10.8 Å². The lowest BCUT2D eigenvalue weighted by atomic mass is 10.2. The van der Waals surface area contributed by atoms with Crippen molar-refractivity contribution in [3.05, 3.63) is 51.8 Å². The highest BCUT2D eigenvalue weighted by Gasteiger charge is 2.07.